The summed E-state index contributed by atoms with van der Waals surface area (Å²) >= 11 is 3.60. The Bertz CT molecular complexity index is 457. The molecule has 0 saturated heterocycles. The molecule has 0 amide bonds. The maximum Gasteiger partial charge on any atom is 0.0597 e. The van der Waals surface area contributed by atoms with Gasteiger partial charge in [0.1, 0.15) is 0 Å². The second-order valence-corrected chi connectivity index (χ2v) is 7.83. The Kier molecular flexibility index (Phi) is 5.98. The molecule has 2 nitrogen and oxygen atoms in total. The summed E-state index contributed by atoms with van der Waals surface area (Å²) in [4.78, 5) is 2.18. The molecule has 1 aliphatic rings. The van der Waals surface area contributed by atoms with Crippen molar-refractivity contribution < 1.29 is 0 Å². The Morgan fingerprint density at radius 1 is 1.14 bits per heavy atom. The molecule has 0 aromatic heterocycles. The topological polar surface area (TPSA) is 15.3 Å². The predicted octanol–water partition coefficient (Wildman–Crippen LogP) is 5.53. The third-order valence-corrected chi connectivity index (χ3v) is 5.25. The Balaban J connectivity index is 2.06. The summed E-state index contributed by atoms with van der Waals surface area (Å²) in [5, 5.41) is 3.80. The monoisotopic (exact) mass is 352 g/mol. The lowest BCUT2D eigenvalue weighted by Crippen LogP contribution is -2.21. The van der Waals surface area contributed by atoms with Gasteiger partial charge in [-0.05, 0) is 49.3 Å². The van der Waals surface area contributed by atoms with E-state index in [2.05, 4.69) is 72.3 Å². The van der Waals surface area contributed by atoms with E-state index in [1.165, 1.54) is 43.5 Å². The van der Waals surface area contributed by atoms with Crippen LogP contribution in [0.3, 0.4) is 0 Å². The van der Waals surface area contributed by atoms with Gasteiger partial charge in [-0.25, -0.2) is 0 Å². The zero-order valence-corrected chi connectivity index (χ0v) is 15.4. The van der Waals surface area contributed by atoms with E-state index >= 15 is 0 Å². The number of hydrogen-bond acceptors (Lipinski definition) is 2. The van der Waals surface area contributed by atoms with Crippen LogP contribution in [0.15, 0.2) is 22.7 Å². The molecule has 0 spiro atoms. The average molecular weight is 353 g/mol. The van der Waals surface area contributed by atoms with Crippen LogP contribution < -0.4 is 10.2 Å². The molecule has 1 N–H and O–H groups in total. The second kappa shape index (κ2) is 7.53. The van der Waals surface area contributed by atoms with Crippen molar-refractivity contribution in [2.75, 3.05) is 24.3 Å². The maximum atomic E-state index is 3.80. The molecule has 2 rings (SSSR count). The highest BCUT2D eigenvalue weighted by Crippen LogP contribution is 2.33. The number of benzene rings is 1. The Labute approximate surface area is 138 Å². The van der Waals surface area contributed by atoms with E-state index < -0.39 is 0 Å². The quantitative estimate of drug-likeness (QED) is 0.716. The standard InChI is InChI=1S/C18H29BrN2/c1-13(2)14-6-5-7-16(10-8-14)20-17-12-15(19)9-11-18(17)21(3)4/h9,11-14,16,20H,5-8,10H2,1-4H3. The summed E-state index contributed by atoms with van der Waals surface area (Å²) in [6, 6.07) is 7.12. The molecule has 0 bridgehead atoms. The van der Waals surface area contributed by atoms with E-state index in [-0.39, 0.29) is 0 Å². The fourth-order valence-corrected chi connectivity index (χ4v) is 3.74. The zero-order chi connectivity index (χ0) is 15.4. The maximum absolute atomic E-state index is 3.80. The number of nitrogens with zero attached hydrogens (tertiary/aromatic N) is 1. The van der Waals surface area contributed by atoms with Gasteiger partial charge < -0.3 is 10.2 Å². The lowest BCUT2D eigenvalue weighted by molar-refractivity contribution is 0.341. The van der Waals surface area contributed by atoms with Crippen LogP contribution in [0, 0.1) is 11.8 Å². The largest absolute Gasteiger partial charge is 0.381 e. The number of halogens is 1. The van der Waals surface area contributed by atoms with E-state index in [9.17, 15) is 0 Å². The minimum atomic E-state index is 0.613. The van der Waals surface area contributed by atoms with Gasteiger partial charge in [-0.2, -0.15) is 0 Å². The molecule has 0 heterocycles. The molecule has 118 valence electrons. The molecule has 2 unspecified atom stereocenters. The lowest BCUT2D eigenvalue weighted by Gasteiger charge is -2.24. The molecule has 1 saturated carbocycles. The van der Waals surface area contributed by atoms with Gasteiger partial charge in [-0.1, -0.05) is 42.6 Å². The van der Waals surface area contributed by atoms with Gasteiger partial charge in [-0.3, -0.25) is 0 Å². The van der Waals surface area contributed by atoms with Gasteiger partial charge in [0.25, 0.3) is 0 Å². The normalized spacial score (nSPS) is 23.0. The lowest BCUT2D eigenvalue weighted by atomic mass is 9.89. The first-order valence-corrected chi connectivity index (χ1v) is 9.00. The highest BCUT2D eigenvalue weighted by atomic mass is 79.9. The fourth-order valence-electron chi connectivity index (χ4n) is 3.38. The van der Waals surface area contributed by atoms with Crippen molar-refractivity contribution in [3.8, 4) is 0 Å². The van der Waals surface area contributed by atoms with E-state index in [0.29, 0.717) is 6.04 Å². The van der Waals surface area contributed by atoms with Crippen LogP contribution in [-0.4, -0.2) is 20.1 Å². The summed E-state index contributed by atoms with van der Waals surface area (Å²) < 4.78 is 1.14. The third kappa shape index (κ3) is 4.64. The summed E-state index contributed by atoms with van der Waals surface area (Å²) in [7, 11) is 4.21. The van der Waals surface area contributed by atoms with Crippen LogP contribution in [0.2, 0.25) is 0 Å². The zero-order valence-electron chi connectivity index (χ0n) is 13.8. The highest BCUT2D eigenvalue weighted by molar-refractivity contribution is 9.10. The number of nitrogens with one attached hydrogen (secondary N) is 1. The summed E-state index contributed by atoms with van der Waals surface area (Å²) in [6.45, 7) is 4.74. The minimum Gasteiger partial charge on any atom is -0.381 e. The molecule has 1 fully saturated rings. The van der Waals surface area contributed by atoms with Gasteiger partial charge in [0.2, 0.25) is 0 Å². The van der Waals surface area contributed by atoms with Crippen molar-refractivity contribution in [1.29, 1.82) is 0 Å². The van der Waals surface area contributed by atoms with Crippen LogP contribution in [-0.2, 0) is 0 Å². The number of hydrogen-bond donors (Lipinski definition) is 1. The van der Waals surface area contributed by atoms with Crippen molar-refractivity contribution in [2.45, 2.75) is 52.0 Å². The van der Waals surface area contributed by atoms with Crippen molar-refractivity contribution in [3.63, 3.8) is 0 Å². The van der Waals surface area contributed by atoms with Crippen LogP contribution in [0.1, 0.15) is 46.0 Å². The molecule has 0 aliphatic heterocycles. The highest BCUT2D eigenvalue weighted by Gasteiger charge is 2.21. The SMILES string of the molecule is CC(C)C1CCCC(Nc2cc(Br)ccc2N(C)C)CC1. The van der Waals surface area contributed by atoms with E-state index in [1.54, 1.807) is 0 Å². The molecule has 1 aromatic carbocycles. The molecule has 3 heteroatoms. The number of anilines is 2. The van der Waals surface area contributed by atoms with E-state index in [1.807, 2.05) is 0 Å². The first-order valence-electron chi connectivity index (χ1n) is 8.20. The van der Waals surface area contributed by atoms with Crippen LogP contribution in [0.4, 0.5) is 11.4 Å². The van der Waals surface area contributed by atoms with E-state index in [4.69, 9.17) is 0 Å². The van der Waals surface area contributed by atoms with Crippen molar-refractivity contribution in [1.82, 2.24) is 0 Å². The number of rotatable bonds is 4. The van der Waals surface area contributed by atoms with Crippen molar-refractivity contribution >= 4 is 27.3 Å². The van der Waals surface area contributed by atoms with Crippen LogP contribution in [0.5, 0.6) is 0 Å². The van der Waals surface area contributed by atoms with E-state index in [0.717, 1.165) is 16.3 Å². The smallest absolute Gasteiger partial charge is 0.0597 e. The molecule has 1 aromatic rings. The van der Waals surface area contributed by atoms with Gasteiger partial charge in [0.05, 0.1) is 11.4 Å². The van der Waals surface area contributed by atoms with Gasteiger partial charge in [0, 0.05) is 24.6 Å². The third-order valence-electron chi connectivity index (χ3n) is 4.76. The van der Waals surface area contributed by atoms with Crippen molar-refractivity contribution in [3.05, 3.63) is 22.7 Å². The Morgan fingerprint density at radius 3 is 2.57 bits per heavy atom. The minimum absolute atomic E-state index is 0.613. The Morgan fingerprint density at radius 2 is 1.90 bits per heavy atom. The van der Waals surface area contributed by atoms with Crippen LogP contribution >= 0.6 is 15.9 Å². The van der Waals surface area contributed by atoms with Crippen LogP contribution in [0.25, 0.3) is 0 Å². The fraction of sp³-hybridized carbons (Fsp3) is 0.667. The second-order valence-electron chi connectivity index (χ2n) is 6.91. The molecule has 1 aliphatic carbocycles. The summed E-state index contributed by atoms with van der Waals surface area (Å²) in [6.07, 6.45) is 6.70. The first-order chi connectivity index (χ1) is 9.97. The van der Waals surface area contributed by atoms with Gasteiger partial charge in [0.15, 0.2) is 0 Å². The van der Waals surface area contributed by atoms with Crippen molar-refractivity contribution in [2.24, 2.45) is 11.8 Å². The summed E-state index contributed by atoms with van der Waals surface area (Å²) in [5.74, 6) is 1.74. The molecule has 0 radical (unpaired) electrons. The molecule has 21 heavy (non-hydrogen) atoms. The molecule has 2 atom stereocenters. The van der Waals surface area contributed by atoms with Gasteiger partial charge in [-0.15, -0.1) is 0 Å². The summed E-state index contributed by atoms with van der Waals surface area (Å²) in [5.41, 5.74) is 2.52. The average Bonchev–Trinajstić information content (AvgIpc) is 2.64. The molecular weight excluding hydrogens is 324 g/mol. The predicted molar refractivity (Wildman–Crippen MR) is 97.3 cm³/mol. The molecular formula is C18H29BrN2. The Hall–Kier alpha value is -0.700. The van der Waals surface area contributed by atoms with Gasteiger partial charge >= 0.3 is 0 Å². The first kappa shape index (κ1) is 16.7.